The van der Waals surface area contributed by atoms with E-state index in [1.54, 1.807) is 6.07 Å². The molecule has 0 aliphatic rings. The van der Waals surface area contributed by atoms with Crippen LogP contribution in [0.1, 0.15) is 31.3 Å². The van der Waals surface area contributed by atoms with Crippen LogP contribution in [0.25, 0.3) is 10.9 Å². The number of benzene rings is 1. The molecule has 1 heterocycles. The van der Waals surface area contributed by atoms with E-state index in [1.165, 1.54) is 0 Å². The van der Waals surface area contributed by atoms with Crippen LogP contribution in [0.4, 0.5) is 0 Å². The lowest BCUT2D eigenvalue weighted by Gasteiger charge is -2.30. The number of carbonyl (C=O) groups excluding carboxylic acids is 1. The Morgan fingerprint density at radius 1 is 1.26 bits per heavy atom. The standard InChI is InChI=1S/C15H19N3O/c1-10(16)15(2,3)18-14(19)13-9-8-11-6-4-5-7-12(11)17-13/h4-10H,16H2,1-3H3,(H,18,19). The molecule has 0 aliphatic heterocycles. The quantitative estimate of drug-likeness (QED) is 0.884. The van der Waals surface area contributed by atoms with Crippen molar-refractivity contribution in [3.63, 3.8) is 0 Å². The molecule has 0 bridgehead atoms. The molecule has 3 N–H and O–H groups in total. The van der Waals surface area contributed by atoms with Gasteiger partial charge in [0.15, 0.2) is 0 Å². The summed E-state index contributed by atoms with van der Waals surface area (Å²) in [5, 5.41) is 3.93. The van der Waals surface area contributed by atoms with E-state index in [-0.39, 0.29) is 11.9 Å². The first-order chi connectivity index (χ1) is 8.90. The summed E-state index contributed by atoms with van der Waals surface area (Å²) in [6, 6.07) is 11.2. The Hall–Kier alpha value is -1.94. The van der Waals surface area contributed by atoms with Crippen LogP contribution < -0.4 is 11.1 Å². The molecule has 1 aromatic heterocycles. The van der Waals surface area contributed by atoms with Gasteiger partial charge in [0.2, 0.25) is 0 Å². The third-order valence-electron chi connectivity index (χ3n) is 3.41. The van der Waals surface area contributed by atoms with Crippen LogP contribution in [0.15, 0.2) is 36.4 Å². The Labute approximate surface area is 113 Å². The largest absolute Gasteiger partial charge is 0.344 e. The average Bonchev–Trinajstić information content (AvgIpc) is 2.37. The van der Waals surface area contributed by atoms with Gasteiger partial charge in [-0.2, -0.15) is 0 Å². The van der Waals surface area contributed by atoms with E-state index in [1.807, 2.05) is 51.1 Å². The number of nitrogens with two attached hydrogens (primary N) is 1. The van der Waals surface area contributed by atoms with Crippen molar-refractivity contribution >= 4 is 16.8 Å². The first-order valence-electron chi connectivity index (χ1n) is 6.34. The number of aromatic nitrogens is 1. The predicted molar refractivity (Wildman–Crippen MR) is 76.9 cm³/mol. The molecule has 19 heavy (non-hydrogen) atoms. The lowest BCUT2D eigenvalue weighted by Crippen LogP contribution is -2.54. The summed E-state index contributed by atoms with van der Waals surface area (Å²) in [5.41, 5.74) is 6.61. The summed E-state index contributed by atoms with van der Waals surface area (Å²) in [4.78, 5) is 16.5. The second-order valence-corrected chi connectivity index (χ2v) is 5.35. The highest BCUT2D eigenvalue weighted by Crippen LogP contribution is 2.13. The van der Waals surface area contributed by atoms with Crippen molar-refractivity contribution in [2.75, 3.05) is 0 Å². The zero-order chi connectivity index (χ0) is 14.0. The molecule has 4 nitrogen and oxygen atoms in total. The maximum atomic E-state index is 12.2. The lowest BCUT2D eigenvalue weighted by molar-refractivity contribution is 0.0898. The number of pyridine rings is 1. The highest BCUT2D eigenvalue weighted by Gasteiger charge is 2.25. The van der Waals surface area contributed by atoms with E-state index in [4.69, 9.17) is 5.73 Å². The van der Waals surface area contributed by atoms with Gasteiger partial charge in [0.05, 0.1) is 5.52 Å². The van der Waals surface area contributed by atoms with Crippen LogP contribution >= 0.6 is 0 Å². The fourth-order valence-corrected chi connectivity index (χ4v) is 1.66. The molecule has 0 spiro atoms. The van der Waals surface area contributed by atoms with Gasteiger partial charge in [-0.05, 0) is 32.9 Å². The highest BCUT2D eigenvalue weighted by atomic mass is 16.2. The lowest BCUT2D eigenvalue weighted by atomic mass is 9.96. The molecule has 1 unspecified atom stereocenters. The Kier molecular flexibility index (Phi) is 3.53. The molecule has 0 aliphatic carbocycles. The number of nitrogens with zero attached hydrogens (tertiary/aromatic N) is 1. The molecule has 0 radical (unpaired) electrons. The van der Waals surface area contributed by atoms with Crippen molar-refractivity contribution in [2.24, 2.45) is 5.73 Å². The van der Waals surface area contributed by atoms with E-state index in [0.717, 1.165) is 10.9 Å². The van der Waals surface area contributed by atoms with Crippen LogP contribution in [0.2, 0.25) is 0 Å². The zero-order valence-corrected chi connectivity index (χ0v) is 11.5. The minimum Gasteiger partial charge on any atom is -0.344 e. The van der Waals surface area contributed by atoms with Gasteiger partial charge in [0, 0.05) is 17.0 Å². The van der Waals surface area contributed by atoms with Crippen molar-refractivity contribution in [2.45, 2.75) is 32.4 Å². The summed E-state index contributed by atoms with van der Waals surface area (Å²) in [6.07, 6.45) is 0. The van der Waals surface area contributed by atoms with Gasteiger partial charge >= 0.3 is 0 Å². The van der Waals surface area contributed by atoms with Crippen LogP contribution in [-0.2, 0) is 0 Å². The number of carbonyl (C=O) groups is 1. The fourth-order valence-electron chi connectivity index (χ4n) is 1.66. The molecule has 0 saturated heterocycles. The average molecular weight is 257 g/mol. The Bertz CT molecular complexity index is 605. The maximum absolute atomic E-state index is 12.2. The molecule has 1 amide bonds. The third kappa shape index (κ3) is 2.90. The van der Waals surface area contributed by atoms with Gasteiger partial charge in [-0.15, -0.1) is 0 Å². The normalized spacial score (nSPS) is 13.3. The number of rotatable bonds is 3. The van der Waals surface area contributed by atoms with Gasteiger partial charge < -0.3 is 11.1 Å². The van der Waals surface area contributed by atoms with Crippen molar-refractivity contribution in [3.8, 4) is 0 Å². The van der Waals surface area contributed by atoms with E-state index < -0.39 is 5.54 Å². The predicted octanol–water partition coefficient (Wildman–Crippen LogP) is 2.09. The number of fused-ring (bicyclic) bond motifs is 1. The molecular weight excluding hydrogens is 238 g/mol. The molecule has 0 saturated carbocycles. The molecule has 2 rings (SSSR count). The Morgan fingerprint density at radius 3 is 2.63 bits per heavy atom. The number of hydrogen-bond donors (Lipinski definition) is 2. The van der Waals surface area contributed by atoms with Gasteiger partial charge in [-0.3, -0.25) is 4.79 Å². The third-order valence-corrected chi connectivity index (χ3v) is 3.41. The van der Waals surface area contributed by atoms with E-state index >= 15 is 0 Å². The number of para-hydroxylation sites is 1. The van der Waals surface area contributed by atoms with Crippen LogP contribution in [-0.4, -0.2) is 22.5 Å². The number of hydrogen-bond acceptors (Lipinski definition) is 3. The van der Waals surface area contributed by atoms with Gasteiger partial charge in [0.1, 0.15) is 5.69 Å². The summed E-state index contributed by atoms with van der Waals surface area (Å²) < 4.78 is 0. The first-order valence-corrected chi connectivity index (χ1v) is 6.34. The highest BCUT2D eigenvalue weighted by molar-refractivity contribution is 5.95. The summed E-state index contributed by atoms with van der Waals surface area (Å²) in [5.74, 6) is -0.201. The molecular formula is C15H19N3O. The summed E-state index contributed by atoms with van der Waals surface area (Å²) in [7, 11) is 0. The van der Waals surface area contributed by atoms with Crippen LogP contribution in [0, 0.1) is 0 Å². The van der Waals surface area contributed by atoms with Gasteiger partial charge in [-0.1, -0.05) is 24.3 Å². The van der Waals surface area contributed by atoms with Crippen LogP contribution in [0.5, 0.6) is 0 Å². The molecule has 4 heteroatoms. The summed E-state index contributed by atoms with van der Waals surface area (Å²) in [6.45, 7) is 5.67. The first kappa shape index (κ1) is 13.5. The van der Waals surface area contributed by atoms with Gasteiger partial charge in [-0.25, -0.2) is 4.98 Å². The zero-order valence-electron chi connectivity index (χ0n) is 11.5. The van der Waals surface area contributed by atoms with Crippen molar-refractivity contribution in [1.29, 1.82) is 0 Å². The van der Waals surface area contributed by atoms with E-state index in [2.05, 4.69) is 10.3 Å². The smallest absolute Gasteiger partial charge is 0.270 e. The van der Waals surface area contributed by atoms with Crippen molar-refractivity contribution < 1.29 is 4.79 Å². The molecule has 1 aromatic carbocycles. The topological polar surface area (TPSA) is 68.0 Å². The summed E-state index contributed by atoms with van der Waals surface area (Å²) >= 11 is 0. The SMILES string of the molecule is CC(N)C(C)(C)NC(=O)c1ccc2ccccc2n1. The Morgan fingerprint density at radius 2 is 1.95 bits per heavy atom. The maximum Gasteiger partial charge on any atom is 0.270 e. The second-order valence-electron chi connectivity index (χ2n) is 5.35. The van der Waals surface area contributed by atoms with E-state index in [0.29, 0.717) is 5.69 Å². The van der Waals surface area contributed by atoms with Crippen LogP contribution in [0.3, 0.4) is 0 Å². The Balaban J connectivity index is 2.27. The molecule has 2 aromatic rings. The minimum atomic E-state index is -0.468. The fraction of sp³-hybridized carbons (Fsp3) is 0.333. The minimum absolute atomic E-state index is 0.142. The monoisotopic (exact) mass is 257 g/mol. The number of amides is 1. The second kappa shape index (κ2) is 4.97. The molecule has 1 atom stereocenters. The number of nitrogens with one attached hydrogen (secondary N) is 1. The van der Waals surface area contributed by atoms with E-state index in [9.17, 15) is 4.79 Å². The molecule has 0 fully saturated rings. The molecule has 100 valence electrons. The van der Waals surface area contributed by atoms with Crippen molar-refractivity contribution in [1.82, 2.24) is 10.3 Å². The van der Waals surface area contributed by atoms with Gasteiger partial charge in [0.25, 0.3) is 5.91 Å². The van der Waals surface area contributed by atoms with Crippen molar-refractivity contribution in [3.05, 3.63) is 42.1 Å².